The number of ether oxygens (including phenoxy) is 1. The van der Waals surface area contributed by atoms with Gasteiger partial charge in [0.15, 0.2) is 6.10 Å². The molecule has 0 spiro atoms. The molecule has 1 saturated heterocycles. The first-order chi connectivity index (χ1) is 7.76. The Bertz CT molecular complexity index is 480. The van der Waals surface area contributed by atoms with Crippen molar-refractivity contribution in [3.8, 4) is 0 Å². The van der Waals surface area contributed by atoms with E-state index in [0.717, 1.165) is 0 Å². The van der Waals surface area contributed by atoms with Gasteiger partial charge < -0.3 is 4.74 Å². The second-order valence-corrected chi connectivity index (χ2v) is 6.94. The summed E-state index contributed by atoms with van der Waals surface area (Å²) in [4.78, 5) is 11.3. The predicted octanol–water partition coefficient (Wildman–Crippen LogP) is -1.20. The van der Waals surface area contributed by atoms with E-state index in [1.807, 2.05) is 0 Å². The van der Waals surface area contributed by atoms with Crippen molar-refractivity contribution in [3.05, 3.63) is 0 Å². The lowest BCUT2D eigenvalue weighted by Crippen LogP contribution is -2.32. The number of halogens is 1. The molecule has 0 aromatic heterocycles. The highest BCUT2D eigenvalue weighted by molar-refractivity contribution is 8.03. The van der Waals surface area contributed by atoms with Gasteiger partial charge >= 0.3 is 5.97 Å². The SMILES string of the molecule is O=C(OCCCl)C1COS(=O)(=O)CS(=O)(=O)O1. The van der Waals surface area contributed by atoms with Gasteiger partial charge in [0.05, 0.1) is 5.88 Å². The van der Waals surface area contributed by atoms with Crippen molar-refractivity contribution < 1.29 is 34.7 Å². The van der Waals surface area contributed by atoms with Crippen molar-refractivity contribution in [1.82, 2.24) is 0 Å². The molecule has 0 N–H and O–H groups in total. The maximum atomic E-state index is 11.3. The Balaban J connectivity index is 2.80. The van der Waals surface area contributed by atoms with E-state index in [-0.39, 0.29) is 12.5 Å². The summed E-state index contributed by atoms with van der Waals surface area (Å²) < 4.78 is 57.5. The van der Waals surface area contributed by atoms with Gasteiger partial charge in [-0.15, -0.1) is 11.6 Å². The van der Waals surface area contributed by atoms with Crippen LogP contribution in [0.3, 0.4) is 0 Å². The van der Waals surface area contributed by atoms with Crippen molar-refractivity contribution in [3.63, 3.8) is 0 Å². The standard InChI is InChI=1S/C6H9ClO8S2/c7-1-2-13-6(8)5-3-14-16(9,10)4-17(11,12)15-5/h5H,1-4H2. The molecular formula is C6H9ClO8S2. The Morgan fingerprint density at radius 2 is 1.94 bits per heavy atom. The topological polar surface area (TPSA) is 113 Å². The molecule has 0 aliphatic carbocycles. The van der Waals surface area contributed by atoms with Gasteiger partial charge in [0.2, 0.25) is 5.08 Å². The van der Waals surface area contributed by atoms with Crippen molar-refractivity contribution in [2.45, 2.75) is 6.10 Å². The van der Waals surface area contributed by atoms with Crippen molar-refractivity contribution in [2.24, 2.45) is 0 Å². The zero-order valence-electron chi connectivity index (χ0n) is 8.37. The molecule has 0 radical (unpaired) electrons. The van der Waals surface area contributed by atoms with Crippen molar-refractivity contribution in [2.75, 3.05) is 24.2 Å². The normalized spacial score (nSPS) is 27.0. The molecule has 0 aromatic carbocycles. The van der Waals surface area contributed by atoms with E-state index < -0.39 is 44.0 Å². The number of hydrogen-bond acceptors (Lipinski definition) is 8. The second-order valence-electron chi connectivity index (χ2n) is 2.96. The predicted molar refractivity (Wildman–Crippen MR) is 55.2 cm³/mol. The lowest BCUT2D eigenvalue weighted by molar-refractivity contribution is -0.152. The number of rotatable bonds is 3. The molecule has 0 amide bonds. The Morgan fingerprint density at radius 1 is 1.29 bits per heavy atom. The van der Waals surface area contributed by atoms with Crippen molar-refractivity contribution in [1.29, 1.82) is 0 Å². The van der Waals surface area contributed by atoms with Crippen LogP contribution in [-0.4, -0.2) is 53.1 Å². The van der Waals surface area contributed by atoms with Gasteiger partial charge in [0, 0.05) is 0 Å². The third-order valence-corrected chi connectivity index (χ3v) is 5.02. The van der Waals surface area contributed by atoms with E-state index in [9.17, 15) is 21.6 Å². The Kier molecular flexibility index (Phi) is 4.72. The third-order valence-electron chi connectivity index (χ3n) is 1.53. The van der Waals surface area contributed by atoms with E-state index in [4.69, 9.17) is 11.6 Å². The number of esters is 1. The first-order valence-electron chi connectivity index (χ1n) is 4.26. The highest BCUT2D eigenvalue weighted by Gasteiger charge is 2.37. The average molecular weight is 309 g/mol. The van der Waals surface area contributed by atoms with E-state index in [1.54, 1.807) is 0 Å². The third kappa shape index (κ3) is 4.76. The van der Waals surface area contributed by atoms with Crippen LogP contribution in [0.2, 0.25) is 0 Å². The van der Waals surface area contributed by atoms with Crippen LogP contribution in [0, 0.1) is 0 Å². The summed E-state index contributed by atoms with van der Waals surface area (Å²) in [5.74, 6) is -1.03. The summed E-state index contributed by atoms with van der Waals surface area (Å²) in [5, 5.41) is -1.33. The fraction of sp³-hybridized carbons (Fsp3) is 0.833. The monoisotopic (exact) mass is 308 g/mol. The molecule has 0 saturated carbocycles. The van der Waals surface area contributed by atoms with E-state index in [0.29, 0.717) is 0 Å². The highest BCUT2D eigenvalue weighted by atomic mass is 35.5. The molecule has 1 aliphatic heterocycles. The van der Waals surface area contributed by atoms with Gasteiger partial charge in [0.1, 0.15) is 13.2 Å². The summed E-state index contributed by atoms with van der Waals surface area (Å²) >= 11 is 5.25. The highest BCUT2D eigenvalue weighted by Crippen LogP contribution is 2.13. The van der Waals surface area contributed by atoms with Crippen LogP contribution in [0.25, 0.3) is 0 Å². The molecule has 17 heavy (non-hydrogen) atoms. The molecular weight excluding hydrogens is 300 g/mol. The Hall–Kier alpha value is -0.420. The average Bonchev–Trinajstić information content (AvgIpc) is 2.29. The van der Waals surface area contributed by atoms with Crippen LogP contribution >= 0.6 is 11.6 Å². The molecule has 0 aromatic rings. The van der Waals surface area contributed by atoms with Crippen LogP contribution < -0.4 is 0 Å². The fourth-order valence-corrected chi connectivity index (χ4v) is 3.75. The molecule has 11 heteroatoms. The van der Waals surface area contributed by atoms with E-state index >= 15 is 0 Å². The molecule has 1 aliphatic rings. The number of hydrogen-bond donors (Lipinski definition) is 0. The zero-order chi connectivity index (χ0) is 13.1. The lowest BCUT2D eigenvalue weighted by atomic mass is 10.4. The molecule has 1 unspecified atom stereocenters. The quantitative estimate of drug-likeness (QED) is 0.363. The molecule has 8 nitrogen and oxygen atoms in total. The molecule has 100 valence electrons. The van der Waals surface area contributed by atoms with Crippen LogP contribution in [0.15, 0.2) is 0 Å². The fourth-order valence-electron chi connectivity index (χ4n) is 0.948. The minimum Gasteiger partial charge on any atom is -0.462 e. The minimum atomic E-state index is -4.39. The summed E-state index contributed by atoms with van der Waals surface area (Å²) in [6, 6.07) is 0. The van der Waals surface area contributed by atoms with Crippen LogP contribution in [-0.2, 0) is 38.1 Å². The summed E-state index contributed by atoms with van der Waals surface area (Å²) in [6.45, 7) is -0.893. The Morgan fingerprint density at radius 3 is 2.53 bits per heavy atom. The van der Waals surface area contributed by atoms with E-state index in [1.165, 1.54) is 0 Å². The first kappa shape index (κ1) is 14.6. The second kappa shape index (κ2) is 5.48. The Labute approximate surface area is 103 Å². The zero-order valence-corrected chi connectivity index (χ0v) is 10.8. The number of carbonyl (C=O) groups excluding carboxylic acids is 1. The van der Waals surface area contributed by atoms with Crippen LogP contribution in [0.1, 0.15) is 0 Å². The van der Waals surface area contributed by atoms with Gasteiger partial charge in [0.25, 0.3) is 20.2 Å². The molecule has 1 rings (SSSR count). The van der Waals surface area contributed by atoms with Gasteiger partial charge in [-0.1, -0.05) is 0 Å². The smallest absolute Gasteiger partial charge is 0.339 e. The molecule has 1 heterocycles. The summed E-state index contributed by atoms with van der Waals surface area (Å²) in [5.41, 5.74) is 0. The minimum absolute atomic E-state index is 0.0182. The van der Waals surface area contributed by atoms with Gasteiger partial charge in [-0.2, -0.15) is 16.8 Å². The van der Waals surface area contributed by atoms with E-state index in [2.05, 4.69) is 13.1 Å². The number of alkyl halides is 1. The van der Waals surface area contributed by atoms with Gasteiger partial charge in [-0.25, -0.2) is 4.79 Å². The first-order valence-corrected chi connectivity index (χ1v) is 7.95. The maximum Gasteiger partial charge on any atom is 0.339 e. The molecule has 1 atom stereocenters. The lowest BCUT2D eigenvalue weighted by Gasteiger charge is -2.11. The van der Waals surface area contributed by atoms with Crippen LogP contribution in [0.5, 0.6) is 0 Å². The van der Waals surface area contributed by atoms with Gasteiger partial charge in [-0.05, 0) is 0 Å². The molecule has 0 bridgehead atoms. The van der Waals surface area contributed by atoms with Crippen molar-refractivity contribution >= 4 is 37.8 Å². The largest absolute Gasteiger partial charge is 0.462 e. The maximum absolute atomic E-state index is 11.3. The van der Waals surface area contributed by atoms with Crippen LogP contribution in [0.4, 0.5) is 0 Å². The number of carbonyl (C=O) groups is 1. The summed E-state index contributed by atoms with van der Waals surface area (Å²) in [7, 11) is -8.65. The summed E-state index contributed by atoms with van der Waals surface area (Å²) in [6.07, 6.45) is -1.64. The van der Waals surface area contributed by atoms with Gasteiger partial charge in [-0.3, -0.25) is 8.37 Å². The molecule has 1 fully saturated rings.